The van der Waals surface area contributed by atoms with Crippen LogP contribution in [0.2, 0.25) is 0 Å². The molecule has 0 aliphatic carbocycles. The first kappa shape index (κ1) is 19.3. The van der Waals surface area contributed by atoms with Gasteiger partial charge in [-0.1, -0.05) is 36.4 Å². The van der Waals surface area contributed by atoms with Crippen LogP contribution in [0.1, 0.15) is 41.7 Å². The zero-order valence-electron chi connectivity index (χ0n) is 15.4. The van der Waals surface area contributed by atoms with Gasteiger partial charge in [-0.25, -0.2) is 4.79 Å². The van der Waals surface area contributed by atoms with Gasteiger partial charge in [0.2, 0.25) is 11.8 Å². The SMILES string of the molecule is C[C@H](NC(=O)COC(=O)c1cccc(N2C(=O)CCC2=O)c1)c1ccccc1. The first-order chi connectivity index (χ1) is 13.5. The van der Waals surface area contributed by atoms with Crippen LogP contribution in [0.25, 0.3) is 0 Å². The molecule has 1 aliphatic rings. The van der Waals surface area contributed by atoms with E-state index >= 15 is 0 Å². The molecule has 1 saturated heterocycles. The van der Waals surface area contributed by atoms with Crippen LogP contribution in [-0.2, 0) is 19.1 Å². The molecule has 1 atom stereocenters. The number of carbonyl (C=O) groups excluding carboxylic acids is 4. The van der Waals surface area contributed by atoms with Crippen molar-refractivity contribution in [3.63, 3.8) is 0 Å². The number of esters is 1. The summed E-state index contributed by atoms with van der Waals surface area (Å²) in [6.07, 6.45) is 0.320. The highest BCUT2D eigenvalue weighted by atomic mass is 16.5. The van der Waals surface area contributed by atoms with Crippen LogP contribution in [0, 0.1) is 0 Å². The third kappa shape index (κ3) is 4.43. The summed E-state index contributed by atoms with van der Waals surface area (Å²) in [4.78, 5) is 49.0. The molecule has 7 heteroatoms. The molecule has 3 rings (SSSR count). The third-order valence-electron chi connectivity index (χ3n) is 4.40. The van der Waals surface area contributed by atoms with E-state index in [1.54, 1.807) is 12.1 Å². The first-order valence-corrected chi connectivity index (χ1v) is 8.93. The highest BCUT2D eigenvalue weighted by Crippen LogP contribution is 2.23. The Hall–Kier alpha value is -3.48. The fourth-order valence-corrected chi connectivity index (χ4v) is 2.96. The van der Waals surface area contributed by atoms with Crippen LogP contribution < -0.4 is 10.2 Å². The fraction of sp³-hybridized carbons (Fsp3) is 0.238. The monoisotopic (exact) mass is 380 g/mol. The van der Waals surface area contributed by atoms with Gasteiger partial charge >= 0.3 is 5.97 Å². The molecule has 1 N–H and O–H groups in total. The number of nitrogens with zero attached hydrogens (tertiary/aromatic N) is 1. The Bertz CT molecular complexity index is 894. The normalized spacial score (nSPS) is 14.7. The van der Waals surface area contributed by atoms with E-state index in [1.165, 1.54) is 12.1 Å². The summed E-state index contributed by atoms with van der Waals surface area (Å²) in [7, 11) is 0. The molecule has 2 aromatic carbocycles. The molecule has 28 heavy (non-hydrogen) atoms. The number of hydrogen-bond acceptors (Lipinski definition) is 5. The van der Waals surface area contributed by atoms with Crippen LogP contribution >= 0.6 is 0 Å². The number of ether oxygens (including phenoxy) is 1. The van der Waals surface area contributed by atoms with E-state index in [0.717, 1.165) is 10.5 Å². The van der Waals surface area contributed by atoms with Gasteiger partial charge in [0.05, 0.1) is 17.3 Å². The second kappa shape index (κ2) is 8.47. The summed E-state index contributed by atoms with van der Waals surface area (Å²) in [5.41, 5.74) is 1.42. The molecule has 0 saturated carbocycles. The highest BCUT2D eigenvalue weighted by Gasteiger charge is 2.30. The molecule has 1 heterocycles. The number of imide groups is 1. The van der Waals surface area contributed by atoms with E-state index in [9.17, 15) is 19.2 Å². The summed E-state index contributed by atoms with van der Waals surface area (Å²) < 4.78 is 5.06. The first-order valence-electron chi connectivity index (χ1n) is 8.93. The van der Waals surface area contributed by atoms with Gasteiger partial charge in [0, 0.05) is 12.8 Å². The van der Waals surface area contributed by atoms with Crippen LogP contribution in [0.3, 0.4) is 0 Å². The average molecular weight is 380 g/mol. The number of benzene rings is 2. The van der Waals surface area contributed by atoms with E-state index in [-0.39, 0.29) is 36.3 Å². The maximum absolute atomic E-state index is 12.2. The number of nitrogens with one attached hydrogen (secondary N) is 1. The van der Waals surface area contributed by atoms with Crippen molar-refractivity contribution < 1.29 is 23.9 Å². The van der Waals surface area contributed by atoms with E-state index in [0.29, 0.717) is 5.69 Å². The van der Waals surface area contributed by atoms with Crippen molar-refractivity contribution in [3.05, 3.63) is 65.7 Å². The Morgan fingerprint density at radius 1 is 1.04 bits per heavy atom. The lowest BCUT2D eigenvalue weighted by Crippen LogP contribution is -2.31. The molecule has 1 fully saturated rings. The predicted molar refractivity (Wildman–Crippen MR) is 101 cm³/mol. The van der Waals surface area contributed by atoms with Gasteiger partial charge in [-0.15, -0.1) is 0 Å². The van der Waals surface area contributed by atoms with E-state index in [2.05, 4.69) is 5.32 Å². The number of amides is 3. The molecule has 7 nitrogen and oxygen atoms in total. The van der Waals surface area contributed by atoms with Gasteiger partial charge in [-0.3, -0.25) is 19.3 Å². The van der Waals surface area contributed by atoms with Crippen LogP contribution in [0.4, 0.5) is 5.69 Å². The minimum absolute atomic E-state index is 0.160. The van der Waals surface area contributed by atoms with Crippen molar-refractivity contribution in [2.24, 2.45) is 0 Å². The Kier molecular flexibility index (Phi) is 5.84. The minimum atomic E-state index is -0.705. The Morgan fingerprint density at radius 2 is 1.71 bits per heavy atom. The van der Waals surface area contributed by atoms with Crippen molar-refractivity contribution in [3.8, 4) is 0 Å². The number of rotatable bonds is 6. The summed E-state index contributed by atoms with van der Waals surface area (Å²) in [6, 6.07) is 15.2. The summed E-state index contributed by atoms with van der Waals surface area (Å²) in [6.45, 7) is 1.41. The standard InChI is InChI=1S/C21H20N2O5/c1-14(15-6-3-2-4-7-15)22-18(24)13-28-21(27)16-8-5-9-17(12-16)23-19(25)10-11-20(23)26/h2-9,12,14H,10-11,13H2,1H3,(H,22,24)/t14-/m0/s1. The maximum Gasteiger partial charge on any atom is 0.338 e. The molecule has 2 aromatic rings. The van der Waals surface area contributed by atoms with Crippen molar-refractivity contribution in [2.45, 2.75) is 25.8 Å². The lowest BCUT2D eigenvalue weighted by molar-refractivity contribution is -0.125. The molecule has 0 bridgehead atoms. The summed E-state index contributed by atoms with van der Waals surface area (Å²) in [5, 5.41) is 2.76. The Morgan fingerprint density at radius 3 is 2.39 bits per heavy atom. The van der Waals surface area contributed by atoms with Crippen molar-refractivity contribution in [1.82, 2.24) is 5.32 Å². The molecule has 0 unspecified atom stereocenters. The third-order valence-corrected chi connectivity index (χ3v) is 4.40. The molecule has 3 amide bonds. The Balaban J connectivity index is 1.58. The van der Waals surface area contributed by atoms with Crippen molar-refractivity contribution in [2.75, 3.05) is 11.5 Å². The molecule has 0 aromatic heterocycles. The zero-order chi connectivity index (χ0) is 20.1. The molecular formula is C21H20N2O5. The fourth-order valence-electron chi connectivity index (χ4n) is 2.96. The van der Waals surface area contributed by atoms with Gasteiger partial charge in [0.15, 0.2) is 6.61 Å². The average Bonchev–Trinajstić information content (AvgIpc) is 3.05. The molecule has 0 radical (unpaired) electrons. The topological polar surface area (TPSA) is 92.8 Å². The van der Waals surface area contributed by atoms with Crippen molar-refractivity contribution >= 4 is 29.4 Å². The smallest absolute Gasteiger partial charge is 0.338 e. The largest absolute Gasteiger partial charge is 0.452 e. The number of carbonyl (C=O) groups is 4. The van der Waals surface area contributed by atoms with Crippen LogP contribution in [0.5, 0.6) is 0 Å². The van der Waals surface area contributed by atoms with Gasteiger partial charge in [-0.2, -0.15) is 0 Å². The van der Waals surface area contributed by atoms with Gasteiger partial charge in [-0.05, 0) is 30.7 Å². The van der Waals surface area contributed by atoms with E-state index < -0.39 is 18.5 Å². The number of anilines is 1. The molecule has 1 aliphatic heterocycles. The molecule has 144 valence electrons. The minimum Gasteiger partial charge on any atom is -0.452 e. The van der Waals surface area contributed by atoms with Crippen molar-refractivity contribution in [1.29, 1.82) is 0 Å². The Labute approximate surface area is 162 Å². The van der Waals surface area contributed by atoms with E-state index in [1.807, 2.05) is 37.3 Å². The quantitative estimate of drug-likeness (QED) is 0.614. The lowest BCUT2D eigenvalue weighted by Gasteiger charge is -2.15. The lowest BCUT2D eigenvalue weighted by atomic mass is 10.1. The second-order valence-corrected chi connectivity index (χ2v) is 6.45. The predicted octanol–water partition coefficient (Wildman–Crippen LogP) is 2.37. The van der Waals surface area contributed by atoms with E-state index in [4.69, 9.17) is 4.74 Å². The number of hydrogen-bond donors (Lipinski definition) is 1. The second-order valence-electron chi connectivity index (χ2n) is 6.45. The van der Waals surface area contributed by atoms with Gasteiger partial charge in [0.25, 0.3) is 5.91 Å². The summed E-state index contributed by atoms with van der Waals surface area (Å²) >= 11 is 0. The highest BCUT2D eigenvalue weighted by molar-refractivity contribution is 6.20. The van der Waals surface area contributed by atoms with Gasteiger partial charge < -0.3 is 10.1 Å². The molecule has 0 spiro atoms. The maximum atomic E-state index is 12.2. The summed E-state index contributed by atoms with van der Waals surface area (Å²) in [5.74, 6) is -1.73. The zero-order valence-corrected chi connectivity index (χ0v) is 15.4. The van der Waals surface area contributed by atoms with Gasteiger partial charge in [0.1, 0.15) is 0 Å². The van der Waals surface area contributed by atoms with Crippen LogP contribution in [0.15, 0.2) is 54.6 Å². The van der Waals surface area contributed by atoms with Crippen LogP contribution in [-0.4, -0.2) is 30.3 Å². The molecular weight excluding hydrogens is 360 g/mol.